The molecule has 1 saturated carbocycles. The number of hydrogen-bond acceptors (Lipinski definition) is 6. The number of benzene rings is 1. The molecule has 0 spiro atoms. The molecule has 4 aromatic rings. The highest BCUT2D eigenvalue weighted by atomic mass is 35.5. The third kappa shape index (κ3) is 4.23. The van der Waals surface area contributed by atoms with Crippen molar-refractivity contribution in [3.05, 3.63) is 85.7 Å². The van der Waals surface area contributed by atoms with E-state index in [9.17, 15) is 13.2 Å². The Bertz CT molecular complexity index is 1800. The van der Waals surface area contributed by atoms with Crippen molar-refractivity contribution in [3.8, 4) is 16.9 Å². The number of aryl methyl sites for hydroxylation is 4. The second kappa shape index (κ2) is 9.09. The van der Waals surface area contributed by atoms with Crippen molar-refractivity contribution in [2.24, 2.45) is 7.05 Å². The first-order valence-electron chi connectivity index (χ1n) is 11.8. The van der Waals surface area contributed by atoms with Crippen molar-refractivity contribution in [1.82, 2.24) is 24.5 Å². The molecule has 0 amide bonds. The number of nitrogens with zero attached hydrogens (tertiary/aromatic N) is 5. The standard InChI is InChI=1S/C26H24ClF2N5O3S/c1-12-11-30-24(15-7-6-8-19(21(15)28)38(5,36)37)22(29)25(12)34-13(2)9-17(20(27)26(34)35)16-10-18(16)23-14(3)31-33(4)32-23/h6-9,11,16,18H,10H2,1-5H3/t16-,18?/m0/s1. The van der Waals surface area contributed by atoms with Gasteiger partial charge in [-0.2, -0.15) is 15.0 Å². The summed E-state index contributed by atoms with van der Waals surface area (Å²) < 4.78 is 56.3. The zero-order valence-corrected chi connectivity index (χ0v) is 22.8. The van der Waals surface area contributed by atoms with Crippen LogP contribution in [0, 0.1) is 32.4 Å². The molecule has 0 N–H and O–H groups in total. The van der Waals surface area contributed by atoms with Crippen LogP contribution in [0.25, 0.3) is 16.9 Å². The van der Waals surface area contributed by atoms with E-state index in [1.165, 1.54) is 23.1 Å². The van der Waals surface area contributed by atoms with Crippen molar-refractivity contribution in [1.29, 1.82) is 0 Å². The molecule has 1 fully saturated rings. The molecule has 8 nitrogen and oxygen atoms in total. The molecule has 0 radical (unpaired) electrons. The summed E-state index contributed by atoms with van der Waals surface area (Å²) in [6.07, 6.45) is 2.93. The van der Waals surface area contributed by atoms with E-state index in [-0.39, 0.29) is 28.1 Å². The van der Waals surface area contributed by atoms with Crippen LogP contribution in [0.1, 0.15) is 46.5 Å². The second-order valence-electron chi connectivity index (χ2n) is 9.65. The van der Waals surface area contributed by atoms with Crippen molar-refractivity contribution in [3.63, 3.8) is 0 Å². The van der Waals surface area contributed by atoms with Crippen molar-refractivity contribution in [2.75, 3.05) is 6.26 Å². The molecule has 1 aliphatic carbocycles. The highest BCUT2D eigenvalue weighted by Crippen LogP contribution is 2.55. The van der Waals surface area contributed by atoms with E-state index in [0.29, 0.717) is 16.8 Å². The average molecular weight is 560 g/mol. The number of sulfone groups is 1. The fourth-order valence-corrected chi connectivity index (χ4v) is 6.03. The Morgan fingerprint density at radius 3 is 2.42 bits per heavy atom. The number of aromatic nitrogens is 5. The van der Waals surface area contributed by atoms with Gasteiger partial charge in [-0.15, -0.1) is 0 Å². The fourth-order valence-electron chi connectivity index (χ4n) is 4.99. The minimum atomic E-state index is -3.91. The molecule has 1 aromatic carbocycles. The van der Waals surface area contributed by atoms with Crippen LogP contribution in [-0.4, -0.2) is 39.2 Å². The van der Waals surface area contributed by atoms with Gasteiger partial charge in [0.05, 0.1) is 17.1 Å². The van der Waals surface area contributed by atoms with Crippen molar-refractivity contribution in [2.45, 2.75) is 43.9 Å². The molecule has 198 valence electrons. The van der Waals surface area contributed by atoms with Gasteiger partial charge in [0.1, 0.15) is 15.6 Å². The Morgan fingerprint density at radius 1 is 1.08 bits per heavy atom. The minimum Gasteiger partial charge on any atom is -0.277 e. The molecule has 12 heteroatoms. The smallest absolute Gasteiger partial charge is 0.274 e. The molecule has 1 aliphatic rings. The van der Waals surface area contributed by atoms with Gasteiger partial charge in [-0.1, -0.05) is 17.7 Å². The third-order valence-corrected chi connectivity index (χ3v) is 8.33. The molecule has 1 unspecified atom stereocenters. The summed E-state index contributed by atoms with van der Waals surface area (Å²) in [5.41, 5.74) is 1.57. The summed E-state index contributed by atoms with van der Waals surface area (Å²) in [4.78, 5) is 18.5. The Hall–Kier alpha value is -3.44. The van der Waals surface area contributed by atoms with Crippen LogP contribution >= 0.6 is 11.6 Å². The van der Waals surface area contributed by atoms with Gasteiger partial charge < -0.3 is 0 Å². The Balaban J connectivity index is 1.63. The van der Waals surface area contributed by atoms with Crippen LogP contribution in [0.2, 0.25) is 5.02 Å². The van der Waals surface area contributed by atoms with E-state index >= 15 is 8.78 Å². The molecule has 0 saturated heterocycles. The molecule has 5 rings (SSSR count). The van der Waals surface area contributed by atoms with Crippen LogP contribution < -0.4 is 5.56 Å². The highest BCUT2D eigenvalue weighted by Gasteiger charge is 2.44. The van der Waals surface area contributed by atoms with Crippen LogP contribution in [0.5, 0.6) is 0 Å². The van der Waals surface area contributed by atoms with E-state index in [1.807, 2.05) is 6.92 Å². The maximum absolute atomic E-state index is 16.0. The summed E-state index contributed by atoms with van der Waals surface area (Å²) in [6.45, 7) is 5.11. The quantitative estimate of drug-likeness (QED) is 0.355. The summed E-state index contributed by atoms with van der Waals surface area (Å²) in [5, 5.41) is 8.69. The molecule has 38 heavy (non-hydrogen) atoms. The van der Waals surface area contributed by atoms with Gasteiger partial charge in [-0.05, 0) is 62.4 Å². The van der Waals surface area contributed by atoms with E-state index in [4.69, 9.17) is 11.6 Å². The first-order valence-corrected chi connectivity index (χ1v) is 14.0. The average Bonchev–Trinajstić information content (AvgIpc) is 3.54. The lowest BCUT2D eigenvalue weighted by atomic mass is 10.1. The van der Waals surface area contributed by atoms with Crippen LogP contribution in [0.15, 0.2) is 40.2 Å². The summed E-state index contributed by atoms with van der Waals surface area (Å²) in [7, 11) is -2.16. The Labute approximate surface area is 222 Å². The van der Waals surface area contributed by atoms with Crippen LogP contribution in [0.4, 0.5) is 8.78 Å². The molecule has 2 atom stereocenters. The highest BCUT2D eigenvalue weighted by molar-refractivity contribution is 7.90. The normalized spacial score (nSPS) is 17.2. The topological polar surface area (TPSA) is 99.7 Å². The maximum atomic E-state index is 16.0. The van der Waals surface area contributed by atoms with Gasteiger partial charge in [0.15, 0.2) is 21.5 Å². The summed E-state index contributed by atoms with van der Waals surface area (Å²) >= 11 is 6.57. The number of pyridine rings is 2. The number of halogens is 3. The van der Waals surface area contributed by atoms with Gasteiger partial charge in [0.2, 0.25) is 0 Å². The van der Waals surface area contributed by atoms with E-state index < -0.39 is 37.6 Å². The SMILES string of the molecule is Cc1cnc(-c2cccc(S(C)(=O)=O)c2F)c(F)c1-n1c(C)cc([C@@H]2CC2c2nn(C)nc2C)c(Cl)c1=O. The predicted molar refractivity (Wildman–Crippen MR) is 139 cm³/mol. The first kappa shape index (κ1) is 26.2. The largest absolute Gasteiger partial charge is 0.277 e. The maximum Gasteiger partial charge on any atom is 0.274 e. The zero-order valence-electron chi connectivity index (χ0n) is 21.3. The third-order valence-electron chi connectivity index (χ3n) is 6.84. The Kier molecular flexibility index (Phi) is 6.26. The molecular weight excluding hydrogens is 536 g/mol. The zero-order chi connectivity index (χ0) is 27.7. The van der Waals surface area contributed by atoms with Crippen LogP contribution in [0.3, 0.4) is 0 Å². The lowest BCUT2D eigenvalue weighted by Crippen LogP contribution is -2.24. The fraction of sp³-hybridized carbons (Fsp3) is 0.308. The summed E-state index contributed by atoms with van der Waals surface area (Å²) in [5.74, 6) is -2.03. The number of hydrogen-bond donors (Lipinski definition) is 0. The van der Waals surface area contributed by atoms with Crippen molar-refractivity contribution < 1.29 is 17.2 Å². The molecule has 3 heterocycles. The van der Waals surface area contributed by atoms with E-state index in [0.717, 1.165) is 34.7 Å². The first-order chi connectivity index (χ1) is 17.8. The van der Waals surface area contributed by atoms with E-state index in [2.05, 4.69) is 15.2 Å². The van der Waals surface area contributed by atoms with E-state index in [1.54, 1.807) is 27.0 Å². The Morgan fingerprint density at radius 2 is 1.79 bits per heavy atom. The van der Waals surface area contributed by atoms with Gasteiger partial charge >= 0.3 is 0 Å². The number of rotatable bonds is 5. The summed E-state index contributed by atoms with van der Waals surface area (Å²) in [6, 6.07) is 5.40. The van der Waals surface area contributed by atoms with Crippen molar-refractivity contribution >= 4 is 21.4 Å². The predicted octanol–water partition coefficient (Wildman–Crippen LogP) is 4.56. The lowest BCUT2D eigenvalue weighted by Gasteiger charge is -2.18. The monoisotopic (exact) mass is 559 g/mol. The second-order valence-corrected chi connectivity index (χ2v) is 12.0. The van der Waals surface area contributed by atoms with Gasteiger partial charge in [0, 0.05) is 36.7 Å². The molecule has 0 aliphatic heterocycles. The van der Waals surface area contributed by atoms with Gasteiger partial charge in [-0.25, -0.2) is 17.2 Å². The van der Waals surface area contributed by atoms with Crippen LogP contribution in [-0.2, 0) is 16.9 Å². The molecule has 0 bridgehead atoms. The van der Waals surface area contributed by atoms with Gasteiger partial charge in [0.25, 0.3) is 5.56 Å². The molecular formula is C26H24ClF2N5O3S. The van der Waals surface area contributed by atoms with Gasteiger partial charge in [-0.3, -0.25) is 14.3 Å². The lowest BCUT2D eigenvalue weighted by molar-refractivity contribution is 0.569. The molecule has 3 aromatic heterocycles. The minimum absolute atomic E-state index is 0.0225.